The number of nitro benzene ring substituents is 1. The summed E-state index contributed by atoms with van der Waals surface area (Å²) in [7, 11) is 0. The Balaban J connectivity index is 1.75. The number of carbonyl (C=O) groups excluding carboxylic acids is 2. The van der Waals surface area contributed by atoms with Gasteiger partial charge in [-0.05, 0) is 35.4 Å². The predicted molar refractivity (Wildman–Crippen MR) is 110 cm³/mol. The molecular formula is C22H19N3O4. The summed E-state index contributed by atoms with van der Waals surface area (Å²) >= 11 is 0. The van der Waals surface area contributed by atoms with Crippen molar-refractivity contribution in [2.24, 2.45) is 0 Å². The van der Waals surface area contributed by atoms with Crippen molar-refractivity contribution in [3.8, 4) is 0 Å². The molecule has 0 saturated carbocycles. The van der Waals surface area contributed by atoms with E-state index >= 15 is 0 Å². The lowest BCUT2D eigenvalue weighted by molar-refractivity contribution is -0.384. The van der Waals surface area contributed by atoms with E-state index in [1.165, 1.54) is 17.0 Å². The van der Waals surface area contributed by atoms with Gasteiger partial charge in [0.05, 0.1) is 4.92 Å². The summed E-state index contributed by atoms with van der Waals surface area (Å²) in [5.41, 5.74) is 0.977. The van der Waals surface area contributed by atoms with E-state index < -0.39 is 4.92 Å². The minimum absolute atomic E-state index is 0.00244. The van der Waals surface area contributed by atoms with Crippen LogP contribution >= 0.6 is 0 Å². The predicted octanol–water partition coefficient (Wildman–Crippen LogP) is 3.97. The minimum atomic E-state index is -0.482. The molecule has 7 nitrogen and oxygen atoms in total. The van der Waals surface area contributed by atoms with Crippen LogP contribution in [0.1, 0.15) is 23.2 Å². The van der Waals surface area contributed by atoms with Gasteiger partial charge in [0, 0.05) is 36.3 Å². The molecule has 2 amide bonds. The Morgan fingerprint density at radius 2 is 1.76 bits per heavy atom. The van der Waals surface area contributed by atoms with Crippen LogP contribution in [0.25, 0.3) is 10.8 Å². The molecule has 7 heteroatoms. The second-order valence-electron chi connectivity index (χ2n) is 6.94. The van der Waals surface area contributed by atoms with E-state index in [0.29, 0.717) is 24.2 Å². The zero-order valence-electron chi connectivity index (χ0n) is 15.7. The van der Waals surface area contributed by atoms with E-state index in [1.54, 1.807) is 23.1 Å². The molecule has 1 aliphatic heterocycles. The first-order valence-electron chi connectivity index (χ1n) is 9.36. The van der Waals surface area contributed by atoms with E-state index in [2.05, 4.69) is 0 Å². The number of nitrogens with zero attached hydrogens (tertiary/aromatic N) is 3. The van der Waals surface area contributed by atoms with Crippen LogP contribution in [0.15, 0.2) is 66.7 Å². The van der Waals surface area contributed by atoms with Gasteiger partial charge in [0.2, 0.25) is 5.91 Å². The zero-order chi connectivity index (χ0) is 20.4. The highest BCUT2D eigenvalue weighted by molar-refractivity contribution is 6.14. The number of fused-ring (bicyclic) bond motifs is 1. The van der Waals surface area contributed by atoms with E-state index in [4.69, 9.17) is 0 Å². The number of rotatable bonds is 5. The van der Waals surface area contributed by atoms with Crippen LogP contribution in [0.3, 0.4) is 0 Å². The molecule has 146 valence electrons. The van der Waals surface area contributed by atoms with Crippen molar-refractivity contribution >= 4 is 34.0 Å². The average Bonchev–Trinajstić information content (AvgIpc) is 3.15. The van der Waals surface area contributed by atoms with Crippen molar-refractivity contribution in [2.45, 2.75) is 12.8 Å². The molecular weight excluding hydrogens is 370 g/mol. The highest BCUT2D eigenvalue weighted by Gasteiger charge is 2.27. The number of benzene rings is 3. The highest BCUT2D eigenvalue weighted by Crippen LogP contribution is 2.26. The first-order valence-corrected chi connectivity index (χ1v) is 9.36. The SMILES string of the molecule is O=C1CCCN1CN(C(=O)c1cccc2ccccc12)c1ccc([N+](=O)[O-])cc1. The molecule has 0 radical (unpaired) electrons. The molecule has 1 fully saturated rings. The Morgan fingerprint density at radius 1 is 1.03 bits per heavy atom. The molecule has 0 aromatic heterocycles. The van der Waals surface area contributed by atoms with Gasteiger partial charge >= 0.3 is 0 Å². The molecule has 0 aliphatic carbocycles. The maximum Gasteiger partial charge on any atom is 0.269 e. The monoisotopic (exact) mass is 389 g/mol. The third-order valence-electron chi connectivity index (χ3n) is 5.12. The molecule has 0 atom stereocenters. The molecule has 3 aromatic rings. The highest BCUT2D eigenvalue weighted by atomic mass is 16.6. The maximum atomic E-state index is 13.5. The molecule has 1 heterocycles. The van der Waals surface area contributed by atoms with Gasteiger partial charge in [-0.3, -0.25) is 24.6 Å². The van der Waals surface area contributed by atoms with Crippen LogP contribution < -0.4 is 4.90 Å². The number of hydrogen-bond acceptors (Lipinski definition) is 4. The Morgan fingerprint density at radius 3 is 2.45 bits per heavy atom. The summed E-state index contributed by atoms with van der Waals surface area (Å²) in [6, 6.07) is 18.9. The lowest BCUT2D eigenvalue weighted by Gasteiger charge is -2.28. The smallest absolute Gasteiger partial charge is 0.269 e. The quantitative estimate of drug-likeness (QED) is 0.488. The largest absolute Gasteiger partial charge is 0.324 e. The molecule has 0 unspecified atom stereocenters. The maximum absolute atomic E-state index is 13.5. The van der Waals surface area contributed by atoms with Crippen LogP contribution in [-0.2, 0) is 4.79 Å². The van der Waals surface area contributed by atoms with E-state index in [-0.39, 0.29) is 24.2 Å². The van der Waals surface area contributed by atoms with Gasteiger partial charge in [0.25, 0.3) is 11.6 Å². The van der Waals surface area contributed by atoms with E-state index in [0.717, 1.165) is 17.2 Å². The van der Waals surface area contributed by atoms with Crippen LogP contribution in [0.2, 0.25) is 0 Å². The zero-order valence-corrected chi connectivity index (χ0v) is 15.7. The first kappa shape index (κ1) is 18.6. The normalized spacial score (nSPS) is 13.7. The third kappa shape index (κ3) is 3.67. The average molecular weight is 389 g/mol. The summed E-state index contributed by atoms with van der Waals surface area (Å²) in [4.78, 5) is 39.3. The van der Waals surface area contributed by atoms with Crippen LogP contribution in [0, 0.1) is 10.1 Å². The van der Waals surface area contributed by atoms with Gasteiger partial charge < -0.3 is 4.90 Å². The molecule has 1 aliphatic rings. The topological polar surface area (TPSA) is 83.8 Å². The second-order valence-corrected chi connectivity index (χ2v) is 6.94. The van der Waals surface area contributed by atoms with Crippen LogP contribution in [-0.4, -0.2) is 34.9 Å². The van der Waals surface area contributed by atoms with Gasteiger partial charge in [-0.25, -0.2) is 0 Å². The summed E-state index contributed by atoms with van der Waals surface area (Å²) in [5.74, 6) is -0.252. The van der Waals surface area contributed by atoms with Gasteiger partial charge in [0.15, 0.2) is 0 Å². The Hall–Kier alpha value is -3.74. The van der Waals surface area contributed by atoms with E-state index in [9.17, 15) is 19.7 Å². The molecule has 0 spiro atoms. The fourth-order valence-corrected chi connectivity index (χ4v) is 3.60. The summed E-state index contributed by atoms with van der Waals surface area (Å²) in [6.07, 6.45) is 1.23. The van der Waals surface area contributed by atoms with E-state index in [1.807, 2.05) is 36.4 Å². The van der Waals surface area contributed by atoms with Gasteiger partial charge in [-0.1, -0.05) is 36.4 Å². The van der Waals surface area contributed by atoms with Crippen molar-refractivity contribution in [1.29, 1.82) is 0 Å². The van der Waals surface area contributed by atoms with Crippen molar-refractivity contribution in [1.82, 2.24) is 4.90 Å². The number of hydrogen-bond donors (Lipinski definition) is 0. The fraction of sp³-hybridized carbons (Fsp3) is 0.182. The number of carbonyl (C=O) groups is 2. The van der Waals surface area contributed by atoms with Crippen molar-refractivity contribution in [2.75, 3.05) is 18.1 Å². The van der Waals surface area contributed by atoms with Crippen LogP contribution in [0.5, 0.6) is 0 Å². The van der Waals surface area contributed by atoms with Gasteiger partial charge in [-0.15, -0.1) is 0 Å². The molecule has 3 aromatic carbocycles. The molecule has 0 bridgehead atoms. The Kier molecular flexibility index (Phi) is 4.95. The minimum Gasteiger partial charge on any atom is -0.324 e. The molecule has 29 heavy (non-hydrogen) atoms. The molecule has 1 saturated heterocycles. The number of nitro groups is 1. The fourth-order valence-electron chi connectivity index (χ4n) is 3.60. The van der Waals surface area contributed by atoms with Crippen LogP contribution in [0.4, 0.5) is 11.4 Å². The van der Waals surface area contributed by atoms with Crippen molar-refractivity contribution in [3.63, 3.8) is 0 Å². The lowest BCUT2D eigenvalue weighted by Crippen LogP contribution is -2.42. The van der Waals surface area contributed by atoms with Crippen molar-refractivity contribution < 1.29 is 14.5 Å². The lowest BCUT2D eigenvalue weighted by atomic mass is 10.0. The second kappa shape index (κ2) is 7.71. The summed E-state index contributed by atoms with van der Waals surface area (Å²) < 4.78 is 0. The summed E-state index contributed by atoms with van der Waals surface area (Å²) in [5, 5.41) is 12.7. The number of amides is 2. The van der Waals surface area contributed by atoms with Gasteiger partial charge in [-0.2, -0.15) is 0 Å². The number of non-ortho nitro benzene ring substituents is 1. The number of anilines is 1. The van der Waals surface area contributed by atoms with Crippen molar-refractivity contribution in [3.05, 3.63) is 82.4 Å². The third-order valence-corrected chi connectivity index (χ3v) is 5.12. The molecule has 4 rings (SSSR count). The first-order chi connectivity index (χ1) is 14.0. The van der Waals surface area contributed by atoms with Gasteiger partial charge in [0.1, 0.15) is 6.67 Å². The molecule has 0 N–H and O–H groups in total. The Labute approximate surface area is 167 Å². The Bertz CT molecular complexity index is 1090. The summed E-state index contributed by atoms with van der Waals surface area (Å²) in [6.45, 7) is 0.698. The standard InChI is InChI=1S/C22H19N3O4/c26-21-9-4-14-23(21)15-24(17-10-12-18(13-11-17)25(28)29)22(27)20-8-3-6-16-5-1-2-7-19(16)20/h1-3,5-8,10-13H,4,9,14-15H2. The number of likely N-dealkylation sites (tertiary alicyclic amines) is 1.